The molecular weight excluding hydrogens is 402 g/mol. The van der Waals surface area contributed by atoms with Crippen molar-refractivity contribution in [1.29, 1.82) is 0 Å². The predicted octanol–water partition coefficient (Wildman–Crippen LogP) is 4.27. The number of nitrogens with one attached hydrogen (secondary N) is 1. The van der Waals surface area contributed by atoms with Gasteiger partial charge in [-0.25, -0.2) is 0 Å². The second-order valence-corrected chi connectivity index (χ2v) is 8.07. The molecule has 32 heavy (non-hydrogen) atoms. The number of fused-ring (bicyclic) bond motifs is 1. The van der Waals surface area contributed by atoms with E-state index >= 15 is 0 Å². The second kappa shape index (κ2) is 8.30. The molecule has 0 bridgehead atoms. The van der Waals surface area contributed by atoms with Gasteiger partial charge in [0, 0.05) is 47.7 Å². The molecule has 0 atom stereocenters. The molecule has 6 nitrogen and oxygen atoms in total. The normalized spacial score (nSPS) is 15.1. The van der Waals surface area contributed by atoms with Crippen LogP contribution in [0.5, 0.6) is 0 Å². The van der Waals surface area contributed by atoms with Crippen LogP contribution in [-0.2, 0) is 11.2 Å². The molecule has 5 rings (SSSR count). The van der Waals surface area contributed by atoms with Crippen molar-refractivity contribution < 1.29 is 14.4 Å². The van der Waals surface area contributed by atoms with E-state index in [0.717, 1.165) is 24.2 Å². The Morgan fingerprint density at radius 3 is 2.41 bits per heavy atom. The van der Waals surface area contributed by atoms with Crippen LogP contribution in [-0.4, -0.2) is 30.8 Å². The molecular formula is C26H23N3O3. The summed E-state index contributed by atoms with van der Waals surface area (Å²) in [6.45, 7) is 1.35. The number of rotatable bonds is 4. The molecule has 2 aliphatic heterocycles. The molecule has 3 amide bonds. The number of carbonyl (C=O) groups excluding carboxylic acids is 3. The third-order valence-electron chi connectivity index (χ3n) is 6.02. The average molecular weight is 425 g/mol. The minimum Gasteiger partial charge on any atom is -0.322 e. The lowest BCUT2D eigenvalue weighted by atomic mass is 10.1. The van der Waals surface area contributed by atoms with Crippen molar-refractivity contribution in [1.82, 2.24) is 0 Å². The third kappa shape index (κ3) is 3.75. The van der Waals surface area contributed by atoms with E-state index in [9.17, 15) is 14.4 Å². The van der Waals surface area contributed by atoms with Gasteiger partial charge in [-0.15, -0.1) is 0 Å². The largest absolute Gasteiger partial charge is 0.322 e. The van der Waals surface area contributed by atoms with Gasteiger partial charge in [0.2, 0.25) is 5.91 Å². The van der Waals surface area contributed by atoms with Gasteiger partial charge in [-0.1, -0.05) is 24.3 Å². The van der Waals surface area contributed by atoms with Gasteiger partial charge >= 0.3 is 0 Å². The summed E-state index contributed by atoms with van der Waals surface area (Å²) >= 11 is 0. The highest BCUT2D eigenvalue weighted by Gasteiger charge is 2.25. The highest BCUT2D eigenvalue weighted by atomic mass is 16.2. The molecule has 1 saturated heterocycles. The molecule has 1 fully saturated rings. The molecule has 0 spiro atoms. The first-order valence-electron chi connectivity index (χ1n) is 10.8. The van der Waals surface area contributed by atoms with Crippen LogP contribution in [0.3, 0.4) is 0 Å². The molecule has 0 aromatic heterocycles. The minimum absolute atomic E-state index is 0.0455. The van der Waals surface area contributed by atoms with Crippen molar-refractivity contribution in [3.8, 4) is 0 Å². The number of nitrogens with zero attached hydrogens (tertiary/aromatic N) is 2. The van der Waals surface area contributed by atoms with Gasteiger partial charge in [-0.05, 0) is 66.9 Å². The first kappa shape index (κ1) is 20.0. The third-order valence-corrected chi connectivity index (χ3v) is 6.02. The molecule has 2 aliphatic rings. The molecule has 0 unspecified atom stereocenters. The van der Waals surface area contributed by atoms with E-state index in [1.807, 2.05) is 24.3 Å². The zero-order valence-electron chi connectivity index (χ0n) is 17.6. The maximum Gasteiger partial charge on any atom is 0.258 e. The molecule has 160 valence electrons. The van der Waals surface area contributed by atoms with E-state index in [4.69, 9.17) is 0 Å². The molecule has 3 aromatic carbocycles. The smallest absolute Gasteiger partial charge is 0.258 e. The van der Waals surface area contributed by atoms with Crippen LogP contribution in [0.1, 0.15) is 39.1 Å². The Bertz CT molecular complexity index is 1200. The maximum absolute atomic E-state index is 13.0. The summed E-state index contributed by atoms with van der Waals surface area (Å²) in [5.41, 5.74) is 4.56. The van der Waals surface area contributed by atoms with Crippen LogP contribution >= 0.6 is 0 Å². The van der Waals surface area contributed by atoms with Gasteiger partial charge < -0.3 is 15.1 Å². The van der Waals surface area contributed by atoms with E-state index in [0.29, 0.717) is 36.3 Å². The van der Waals surface area contributed by atoms with Crippen molar-refractivity contribution in [3.05, 3.63) is 89.5 Å². The van der Waals surface area contributed by atoms with Gasteiger partial charge in [0.15, 0.2) is 0 Å². The molecule has 0 aliphatic carbocycles. The zero-order valence-corrected chi connectivity index (χ0v) is 17.6. The summed E-state index contributed by atoms with van der Waals surface area (Å²) in [4.78, 5) is 41.2. The van der Waals surface area contributed by atoms with Crippen LogP contribution < -0.4 is 15.1 Å². The Morgan fingerprint density at radius 1 is 0.812 bits per heavy atom. The number of benzene rings is 3. The van der Waals surface area contributed by atoms with E-state index in [2.05, 4.69) is 11.4 Å². The Hall–Kier alpha value is -3.93. The fraction of sp³-hybridized carbons (Fsp3) is 0.192. The molecule has 0 saturated carbocycles. The number of amides is 3. The summed E-state index contributed by atoms with van der Waals surface area (Å²) in [5.74, 6) is -0.217. The van der Waals surface area contributed by atoms with Gasteiger partial charge in [0.1, 0.15) is 0 Å². The summed E-state index contributed by atoms with van der Waals surface area (Å²) < 4.78 is 0. The van der Waals surface area contributed by atoms with E-state index in [1.165, 1.54) is 5.56 Å². The first-order valence-corrected chi connectivity index (χ1v) is 10.8. The highest BCUT2D eigenvalue weighted by molar-refractivity contribution is 6.08. The Kier molecular flexibility index (Phi) is 5.19. The van der Waals surface area contributed by atoms with Gasteiger partial charge in [-0.3, -0.25) is 14.4 Å². The van der Waals surface area contributed by atoms with Gasteiger partial charge in [-0.2, -0.15) is 0 Å². The fourth-order valence-corrected chi connectivity index (χ4v) is 4.34. The van der Waals surface area contributed by atoms with Gasteiger partial charge in [0.05, 0.1) is 0 Å². The van der Waals surface area contributed by atoms with Crippen LogP contribution in [0, 0.1) is 0 Å². The van der Waals surface area contributed by atoms with E-state index < -0.39 is 0 Å². The summed E-state index contributed by atoms with van der Waals surface area (Å²) in [6, 6.07) is 22.0. The van der Waals surface area contributed by atoms with Gasteiger partial charge in [0.25, 0.3) is 11.8 Å². The van der Waals surface area contributed by atoms with Crippen LogP contribution in [0.4, 0.5) is 17.1 Å². The number of anilines is 3. The lowest BCUT2D eigenvalue weighted by Crippen LogP contribution is -2.28. The Morgan fingerprint density at radius 2 is 1.62 bits per heavy atom. The number of hydrogen-bond acceptors (Lipinski definition) is 3. The van der Waals surface area contributed by atoms with Crippen molar-refractivity contribution >= 4 is 34.8 Å². The van der Waals surface area contributed by atoms with Crippen molar-refractivity contribution in [2.45, 2.75) is 19.3 Å². The summed E-state index contributed by atoms with van der Waals surface area (Å²) in [6.07, 6.45) is 2.24. The van der Waals surface area contributed by atoms with Crippen molar-refractivity contribution in [3.63, 3.8) is 0 Å². The van der Waals surface area contributed by atoms with Crippen LogP contribution in [0.2, 0.25) is 0 Å². The lowest BCUT2D eigenvalue weighted by molar-refractivity contribution is -0.117. The SMILES string of the molecule is O=C(Nc1ccc(C(=O)N2CCc3ccccc32)cc1)c1cccc(N2CCCC2=O)c1. The van der Waals surface area contributed by atoms with Crippen molar-refractivity contribution in [2.24, 2.45) is 0 Å². The van der Waals surface area contributed by atoms with Crippen LogP contribution in [0.25, 0.3) is 0 Å². The van der Waals surface area contributed by atoms with Crippen molar-refractivity contribution in [2.75, 3.05) is 28.2 Å². The number of carbonyl (C=O) groups is 3. The van der Waals surface area contributed by atoms with Crippen LogP contribution in [0.15, 0.2) is 72.8 Å². The fourth-order valence-electron chi connectivity index (χ4n) is 4.34. The molecule has 6 heteroatoms. The summed E-state index contributed by atoms with van der Waals surface area (Å²) in [5, 5.41) is 2.87. The maximum atomic E-state index is 13.0. The topological polar surface area (TPSA) is 69.7 Å². The average Bonchev–Trinajstić information content (AvgIpc) is 3.45. The second-order valence-electron chi connectivity index (χ2n) is 8.07. The number of hydrogen-bond donors (Lipinski definition) is 1. The lowest BCUT2D eigenvalue weighted by Gasteiger charge is -2.18. The first-order chi connectivity index (χ1) is 15.6. The zero-order chi connectivity index (χ0) is 22.1. The Balaban J connectivity index is 1.28. The van der Waals surface area contributed by atoms with E-state index in [-0.39, 0.29) is 17.7 Å². The summed E-state index contributed by atoms with van der Waals surface area (Å²) in [7, 11) is 0. The van der Waals surface area contributed by atoms with E-state index in [1.54, 1.807) is 52.3 Å². The predicted molar refractivity (Wildman–Crippen MR) is 124 cm³/mol. The number of para-hydroxylation sites is 1. The minimum atomic E-state index is -0.258. The molecule has 0 radical (unpaired) electrons. The standard InChI is InChI=1S/C26H23N3O3/c30-24-9-4-15-28(24)22-7-3-6-20(17-22)25(31)27-21-12-10-19(11-13-21)26(32)29-16-14-18-5-1-2-8-23(18)29/h1-3,5-8,10-13,17H,4,9,14-16H2,(H,27,31). The highest BCUT2D eigenvalue weighted by Crippen LogP contribution is 2.29. The quantitative estimate of drug-likeness (QED) is 0.679. The molecule has 2 heterocycles. The monoisotopic (exact) mass is 425 g/mol. The molecule has 3 aromatic rings. The Labute approximate surface area is 186 Å². The molecule has 1 N–H and O–H groups in total.